The first-order valence-electron chi connectivity index (χ1n) is 9.05. The predicted molar refractivity (Wildman–Crippen MR) is 118 cm³/mol. The predicted octanol–water partition coefficient (Wildman–Crippen LogP) is 5.81. The summed E-state index contributed by atoms with van der Waals surface area (Å²) in [5.74, 6) is 0.554. The van der Waals surface area contributed by atoms with Crippen molar-refractivity contribution in [1.29, 1.82) is 0 Å². The number of aromatic nitrogens is 1. The minimum absolute atomic E-state index is 0.232. The van der Waals surface area contributed by atoms with Crippen molar-refractivity contribution in [2.24, 2.45) is 0 Å². The van der Waals surface area contributed by atoms with E-state index in [0.717, 1.165) is 27.7 Å². The number of nitrogens with zero attached hydrogens (tertiary/aromatic N) is 1. The van der Waals surface area contributed by atoms with Crippen LogP contribution >= 0.6 is 11.3 Å². The second-order valence-electron chi connectivity index (χ2n) is 6.29. The molecule has 0 radical (unpaired) electrons. The van der Waals surface area contributed by atoms with Crippen LogP contribution in [0.3, 0.4) is 0 Å². The van der Waals surface area contributed by atoms with E-state index in [1.54, 1.807) is 12.5 Å². The van der Waals surface area contributed by atoms with Crippen LogP contribution in [-0.4, -0.2) is 18.0 Å². The van der Waals surface area contributed by atoms with Gasteiger partial charge in [0.2, 0.25) is 0 Å². The second-order valence-corrected chi connectivity index (χ2v) is 7.15. The molecule has 0 unspecified atom stereocenters. The van der Waals surface area contributed by atoms with Crippen molar-refractivity contribution >= 4 is 34.3 Å². The Morgan fingerprint density at radius 1 is 0.862 bits per heavy atom. The molecular weight excluding hydrogens is 382 g/mol. The molecule has 0 spiro atoms. The average Bonchev–Trinajstić information content (AvgIpc) is 3.26. The Labute approximate surface area is 173 Å². The molecule has 1 aromatic heterocycles. The van der Waals surface area contributed by atoms with Gasteiger partial charge in [-0.2, -0.15) is 0 Å². The number of hydrogen-bond donors (Lipinski definition) is 2. The number of carbonyl (C=O) groups is 1. The van der Waals surface area contributed by atoms with Crippen LogP contribution in [0.4, 0.5) is 17.1 Å². The maximum Gasteiger partial charge on any atom is 0.275 e. The topological polar surface area (TPSA) is 63.2 Å². The molecular formula is C23H19N3O2S. The monoisotopic (exact) mass is 401 g/mol. The molecule has 0 bridgehead atoms. The number of anilines is 3. The highest BCUT2D eigenvalue weighted by molar-refractivity contribution is 7.13. The molecule has 0 aliphatic carbocycles. The summed E-state index contributed by atoms with van der Waals surface area (Å²) in [7, 11) is 1.63. The molecule has 2 N–H and O–H groups in total. The lowest BCUT2D eigenvalue weighted by Crippen LogP contribution is -2.12. The Morgan fingerprint density at radius 3 is 2.21 bits per heavy atom. The highest BCUT2D eigenvalue weighted by Crippen LogP contribution is 2.26. The molecule has 0 aliphatic rings. The molecule has 0 aliphatic heterocycles. The van der Waals surface area contributed by atoms with Gasteiger partial charge in [-0.25, -0.2) is 4.98 Å². The van der Waals surface area contributed by atoms with Gasteiger partial charge in [-0.3, -0.25) is 4.79 Å². The fourth-order valence-corrected chi connectivity index (χ4v) is 3.57. The summed E-state index contributed by atoms with van der Waals surface area (Å²) in [5.41, 5.74) is 4.02. The maximum atomic E-state index is 12.5. The molecule has 4 rings (SSSR count). The third-order valence-electron chi connectivity index (χ3n) is 4.28. The molecule has 29 heavy (non-hydrogen) atoms. The van der Waals surface area contributed by atoms with Gasteiger partial charge in [0.1, 0.15) is 16.5 Å². The van der Waals surface area contributed by atoms with Crippen LogP contribution < -0.4 is 15.4 Å². The molecule has 6 heteroatoms. The van der Waals surface area contributed by atoms with Gasteiger partial charge >= 0.3 is 0 Å². The molecule has 4 aromatic rings. The lowest BCUT2D eigenvalue weighted by Gasteiger charge is -2.08. The van der Waals surface area contributed by atoms with E-state index in [1.807, 2.05) is 78.9 Å². The number of thiazole rings is 1. The van der Waals surface area contributed by atoms with Gasteiger partial charge in [0.05, 0.1) is 7.11 Å². The molecule has 144 valence electrons. The van der Waals surface area contributed by atoms with Crippen LogP contribution in [0.25, 0.3) is 10.6 Å². The quantitative estimate of drug-likeness (QED) is 0.428. The fraction of sp³-hybridized carbons (Fsp3) is 0.0435. The van der Waals surface area contributed by atoms with Crippen molar-refractivity contribution in [2.45, 2.75) is 0 Å². The molecule has 5 nitrogen and oxygen atoms in total. The van der Waals surface area contributed by atoms with E-state index in [9.17, 15) is 4.79 Å². The Morgan fingerprint density at radius 2 is 1.52 bits per heavy atom. The molecule has 3 aromatic carbocycles. The zero-order valence-electron chi connectivity index (χ0n) is 15.8. The maximum absolute atomic E-state index is 12.5. The Balaban J connectivity index is 1.41. The van der Waals surface area contributed by atoms with Crippen LogP contribution in [-0.2, 0) is 0 Å². The van der Waals surface area contributed by atoms with E-state index in [-0.39, 0.29) is 5.91 Å². The van der Waals surface area contributed by atoms with E-state index in [2.05, 4.69) is 15.6 Å². The summed E-state index contributed by atoms with van der Waals surface area (Å²) in [6.45, 7) is 0. The average molecular weight is 401 g/mol. The third-order valence-corrected chi connectivity index (χ3v) is 5.17. The number of ether oxygens (including phenoxy) is 1. The summed E-state index contributed by atoms with van der Waals surface area (Å²) in [6.07, 6.45) is 0. The first kappa shape index (κ1) is 18.7. The summed E-state index contributed by atoms with van der Waals surface area (Å²) in [4.78, 5) is 17.0. The molecule has 0 atom stereocenters. The number of hydrogen-bond acceptors (Lipinski definition) is 5. The lowest BCUT2D eigenvalue weighted by atomic mass is 10.2. The van der Waals surface area contributed by atoms with Crippen molar-refractivity contribution in [2.75, 3.05) is 17.7 Å². The highest BCUT2D eigenvalue weighted by Gasteiger charge is 2.12. The summed E-state index contributed by atoms with van der Waals surface area (Å²) in [5, 5.41) is 8.76. The molecule has 1 amide bonds. The normalized spacial score (nSPS) is 10.4. The number of para-hydroxylation sites is 1. The number of nitrogens with one attached hydrogen (secondary N) is 2. The van der Waals surface area contributed by atoms with E-state index in [1.165, 1.54) is 11.3 Å². The SMILES string of the molecule is COc1ccc(-c2nc(C(=O)Nc3ccc(Nc4ccccc4)cc3)cs2)cc1. The minimum atomic E-state index is -0.232. The van der Waals surface area contributed by atoms with Gasteiger partial charge in [-0.05, 0) is 60.7 Å². The molecule has 0 saturated carbocycles. The van der Waals surface area contributed by atoms with Crippen LogP contribution in [0.15, 0.2) is 84.2 Å². The van der Waals surface area contributed by atoms with Gasteiger partial charge in [0, 0.05) is 28.0 Å². The van der Waals surface area contributed by atoms with Gasteiger partial charge < -0.3 is 15.4 Å². The lowest BCUT2D eigenvalue weighted by molar-refractivity contribution is 0.102. The Bertz CT molecular complexity index is 1090. The van der Waals surface area contributed by atoms with E-state index in [0.29, 0.717) is 11.4 Å². The molecule has 1 heterocycles. The van der Waals surface area contributed by atoms with Gasteiger partial charge in [0.15, 0.2) is 0 Å². The smallest absolute Gasteiger partial charge is 0.275 e. The summed E-state index contributed by atoms with van der Waals surface area (Å²) in [6, 6.07) is 25.1. The van der Waals surface area contributed by atoms with E-state index >= 15 is 0 Å². The zero-order valence-corrected chi connectivity index (χ0v) is 16.6. The van der Waals surface area contributed by atoms with Crippen molar-refractivity contribution in [3.63, 3.8) is 0 Å². The van der Waals surface area contributed by atoms with Crippen LogP contribution in [0.1, 0.15) is 10.5 Å². The number of amides is 1. The van der Waals surface area contributed by atoms with Crippen molar-refractivity contribution in [3.05, 3.63) is 89.9 Å². The number of carbonyl (C=O) groups excluding carboxylic acids is 1. The van der Waals surface area contributed by atoms with Gasteiger partial charge in [0.25, 0.3) is 5.91 Å². The van der Waals surface area contributed by atoms with Crippen LogP contribution in [0, 0.1) is 0 Å². The number of rotatable bonds is 6. The first-order valence-corrected chi connectivity index (χ1v) is 9.93. The standard InChI is InChI=1S/C23H19N3O2S/c1-28-20-13-7-16(8-14-20)23-26-21(15-29-23)22(27)25-19-11-9-18(10-12-19)24-17-5-3-2-4-6-17/h2-15,24H,1H3,(H,25,27). The van der Waals surface area contributed by atoms with Crippen molar-refractivity contribution in [3.8, 4) is 16.3 Å². The molecule has 0 fully saturated rings. The summed E-state index contributed by atoms with van der Waals surface area (Å²) >= 11 is 1.44. The number of benzene rings is 3. The Hall–Kier alpha value is -3.64. The van der Waals surface area contributed by atoms with Crippen LogP contribution in [0.5, 0.6) is 5.75 Å². The summed E-state index contributed by atoms with van der Waals surface area (Å²) < 4.78 is 5.17. The van der Waals surface area contributed by atoms with Crippen molar-refractivity contribution < 1.29 is 9.53 Å². The third kappa shape index (κ3) is 4.62. The van der Waals surface area contributed by atoms with Crippen LogP contribution in [0.2, 0.25) is 0 Å². The Kier molecular flexibility index (Phi) is 5.54. The minimum Gasteiger partial charge on any atom is -0.497 e. The fourth-order valence-electron chi connectivity index (χ4n) is 2.76. The highest BCUT2D eigenvalue weighted by atomic mass is 32.1. The molecule has 0 saturated heterocycles. The zero-order chi connectivity index (χ0) is 20.1. The first-order chi connectivity index (χ1) is 14.2. The van der Waals surface area contributed by atoms with Gasteiger partial charge in [-0.1, -0.05) is 18.2 Å². The van der Waals surface area contributed by atoms with Crippen molar-refractivity contribution in [1.82, 2.24) is 4.98 Å². The van der Waals surface area contributed by atoms with Gasteiger partial charge in [-0.15, -0.1) is 11.3 Å². The van der Waals surface area contributed by atoms with E-state index < -0.39 is 0 Å². The second kappa shape index (κ2) is 8.58. The number of methoxy groups -OCH3 is 1. The van der Waals surface area contributed by atoms with E-state index in [4.69, 9.17) is 4.74 Å². The largest absolute Gasteiger partial charge is 0.497 e.